The topological polar surface area (TPSA) is 188 Å². The van der Waals surface area contributed by atoms with Gasteiger partial charge in [-0.2, -0.15) is 4.37 Å². The SMILES string of the molecule is CC[C@H](C)[C@H]1NC(=O)c2coc(n2)[C@H](C)NC(=O)[C@@H](CO)NC(=O)[C@@H](Cc2ccccc2)NC(=O)c2nsc1n2. The molecular weight excluding hydrogens is 538 g/mol. The standard InChI is InChI=1S/C26H31N7O6S/c1-4-13(2)19-26-32-20(33-40-26)24(38)28-16(10-15-8-6-5-7-9-15)21(35)29-17(11-34)22(36)27-14(3)25-30-18(12-39-25)23(37)31-19/h5-9,12-14,16-17,19,34H,4,10-11H2,1-3H3,(H,27,36)(H,28,38)(H,29,35)(H,31,37)/t13-,14-,16+,17+,19+/m0/s1. The normalized spacial score (nSPS) is 23.2. The average Bonchev–Trinajstić information content (AvgIpc) is 3.64. The van der Waals surface area contributed by atoms with Crippen molar-refractivity contribution in [2.75, 3.05) is 6.61 Å². The van der Waals surface area contributed by atoms with Crippen LogP contribution in [0, 0.1) is 5.92 Å². The van der Waals surface area contributed by atoms with Gasteiger partial charge in [-0.05, 0) is 29.9 Å². The van der Waals surface area contributed by atoms with E-state index in [9.17, 15) is 24.3 Å². The summed E-state index contributed by atoms with van der Waals surface area (Å²) in [5.74, 6) is -2.77. The number of fused-ring (bicyclic) bond motifs is 4. The van der Waals surface area contributed by atoms with Crippen LogP contribution in [0.3, 0.4) is 0 Å². The van der Waals surface area contributed by atoms with E-state index in [4.69, 9.17) is 4.42 Å². The molecule has 0 saturated carbocycles. The first-order chi connectivity index (χ1) is 19.2. The molecule has 0 saturated heterocycles. The number of aliphatic hydroxyl groups excluding tert-OH is 1. The first kappa shape index (κ1) is 28.8. The van der Waals surface area contributed by atoms with E-state index in [-0.39, 0.29) is 29.7 Å². The van der Waals surface area contributed by atoms with E-state index in [1.54, 1.807) is 31.2 Å². The van der Waals surface area contributed by atoms with Crippen molar-refractivity contribution in [3.8, 4) is 0 Å². The van der Waals surface area contributed by atoms with Crippen LogP contribution in [-0.4, -0.2) is 61.8 Å². The van der Waals surface area contributed by atoms with Crippen molar-refractivity contribution < 1.29 is 28.7 Å². The maximum atomic E-state index is 13.3. The van der Waals surface area contributed by atoms with Gasteiger partial charge in [0.1, 0.15) is 29.4 Å². The molecule has 0 fully saturated rings. The van der Waals surface area contributed by atoms with Gasteiger partial charge >= 0.3 is 0 Å². The predicted molar refractivity (Wildman–Crippen MR) is 143 cm³/mol. The van der Waals surface area contributed by atoms with Gasteiger partial charge in [-0.3, -0.25) is 19.2 Å². The molecule has 5 atom stereocenters. The number of aliphatic hydroxyl groups is 1. The zero-order valence-electron chi connectivity index (χ0n) is 22.2. The van der Waals surface area contributed by atoms with Crippen molar-refractivity contribution in [3.05, 3.63) is 64.6 Å². The van der Waals surface area contributed by atoms with E-state index in [1.165, 1.54) is 6.26 Å². The quantitative estimate of drug-likeness (QED) is 0.299. The lowest BCUT2D eigenvalue weighted by Crippen LogP contribution is -2.55. The summed E-state index contributed by atoms with van der Waals surface area (Å²) in [6, 6.07) is 5.22. The summed E-state index contributed by atoms with van der Waals surface area (Å²) >= 11 is 0.972. The van der Waals surface area contributed by atoms with Gasteiger partial charge in [-0.25, -0.2) is 9.97 Å². The predicted octanol–water partition coefficient (Wildman–Crippen LogP) is 1.05. The van der Waals surface area contributed by atoms with Gasteiger partial charge in [0.25, 0.3) is 11.8 Å². The van der Waals surface area contributed by atoms with Crippen molar-refractivity contribution in [1.82, 2.24) is 35.6 Å². The van der Waals surface area contributed by atoms with Crippen LogP contribution < -0.4 is 21.3 Å². The molecule has 40 heavy (non-hydrogen) atoms. The van der Waals surface area contributed by atoms with Gasteiger partial charge in [-0.15, -0.1) is 0 Å². The van der Waals surface area contributed by atoms with E-state index in [0.717, 1.165) is 17.1 Å². The summed E-state index contributed by atoms with van der Waals surface area (Å²) in [7, 11) is 0. The number of carbonyl (C=O) groups is 4. The summed E-state index contributed by atoms with van der Waals surface area (Å²) in [4.78, 5) is 61.0. The Morgan fingerprint density at radius 2 is 1.70 bits per heavy atom. The van der Waals surface area contributed by atoms with Crippen molar-refractivity contribution in [2.24, 2.45) is 5.92 Å². The number of hydrogen-bond donors (Lipinski definition) is 5. The molecule has 1 aliphatic rings. The summed E-state index contributed by atoms with van der Waals surface area (Å²) in [5, 5.41) is 21.0. The van der Waals surface area contributed by atoms with E-state index >= 15 is 0 Å². The molecular formula is C26H31N7O6S. The number of carbonyl (C=O) groups excluding carboxylic acids is 4. The second kappa shape index (κ2) is 12.8. The Balaban J connectivity index is 1.71. The van der Waals surface area contributed by atoms with E-state index in [1.807, 2.05) is 19.9 Å². The molecule has 5 N–H and O–H groups in total. The van der Waals surface area contributed by atoms with Crippen LogP contribution in [-0.2, 0) is 16.0 Å². The molecule has 0 unspecified atom stereocenters. The average molecular weight is 570 g/mol. The third-order valence-electron chi connectivity index (χ3n) is 6.61. The minimum Gasteiger partial charge on any atom is -0.446 e. The van der Waals surface area contributed by atoms with Crippen LogP contribution in [0.2, 0.25) is 0 Å². The number of aromatic nitrogens is 3. The lowest BCUT2D eigenvalue weighted by molar-refractivity contribution is -0.131. The minimum absolute atomic E-state index is 0.0104. The van der Waals surface area contributed by atoms with Crippen LogP contribution in [0.5, 0.6) is 0 Å². The molecule has 4 rings (SSSR count). The first-order valence-corrected chi connectivity index (χ1v) is 13.6. The molecule has 4 amide bonds. The fraction of sp³-hybridized carbons (Fsp3) is 0.423. The monoisotopic (exact) mass is 569 g/mol. The Morgan fingerprint density at radius 1 is 0.975 bits per heavy atom. The second-order valence-corrected chi connectivity index (χ2v) is 10.3. The van der Waals surface area contributed by atoms with Gasteiger partial charge in [0.15, 0.2) is 5.69 Å². The van der Waals surface area contributed by atoms with Gasteiger partial charge < -0.3 is 30.8 Å². The Labute approximate surface area is 234 Å². The van der Waals surface area contributed by atoms with Crippen molar-refractivity contribution in [3.63, 3.8) is 0 Å². The van der Waals surface area contributed by atoms with Gasteiger partial charge in [0, 0.05) is 6.42 Å². The fourth-order valence-electron chi connectivity index (χ4n) is 4.07. The van der Waals surface area contributed by atoms with E-state index < -0.39 is 54.4 Å². The molecule has 4 bridgehead atoms. The number of nitrogens with one attached hydrogen (secondary N) is 4. The Bertz CT molecular complexity index is 1360. The van der Waals surface area contributed by atoms with Gasteiger partial charge in [0.2, 0.25) is 23.5 Å². The maximum absolute atomic E-state index is 13.3. The highest BCUT2D eigenvalue weighted by molar-refractivity contribution is 7.05. The molecule has 3 aromatic rings. The van der Waals surface area contributed by atoms with Crippen LogP contribution >= 0.6 is 11.5 Å². The number of nitrogens with zero attached hydrogens (tertiary/aromatic N) is 3. The second-order valence-electron chi connectivity index (χ2n) is 9.55. The smallest absolute Gasteiger partial charge is 0.290 e. The fourth-order valence-corrected chi connectivity index (χ4v) is 4.90. The van der Waals surface area contributed by atoms with Gasteiger partial charge in [0.05, 0.1) is 12.6 Å². The molecule has 13 nitrogen and oxygen atoms in total. The van der Waals surface area contributed by atoms with Crippen LogP contribution in [0.4, 0.5) is 0 Å². The van der Waals surface area contributed by atoms with Crippen LogP contribution in [0.1, 0.15) is 76.8 Å². The number of oxazole rings is 1. The molecule has 1 aliphatic heterocycles. The van der Waals surface area contributed by atoms with E-state index in [2.05, 4.69) is 35.6 Å². The van der Waals surface area contributed by atoms with Crippen molar-refractivity contribution in [2.45, 2.75) is 57.8 Å². The third kappa shape index (κ3) is 6.69. The Kier molecular flexibility index (Phi) is 9.22. The maximum Gasteiger partial charge on any atom is 0.290 e. The summed E-state index contributed by atoms with van der Waals surface area (Å²) < 4.78 is 9.61. The Morgan fingerprint density at radius 3 is 2.40 bits per heavy atom. The molecule has 0 aliphatic carbocycles. The van der Waals surface area contributed by atoms with Crippen LogP contribution in [0.15, 0.2) is 41.0 Å². The largest absolute Gasteiger partial charge is 0.446 e. The highest BCUT2D eigenvalue weighted by Gasteiger charge is 2.32. The number of hydrogen-bond acceptors (Lipinski definition) is 10. The summed E-state index contributed by atoms with van der Waals surface area (Å²) in [6.45, 7) is 4.77. The minimum atomic E-state index is -1.33. The lowest BCUT2D eigenvalue weighted by atomic mass is 9.99. The highest BCUT2D eigenvalue weighted by atomic mass is 32.1. The zero-order valence-corrected chi connectivity index (χ0v) is 23.0. The molecule has 212 valence electrons. The lowest BCUT2D eigenvalue weighted by Gasteiger charge is -2.23. The van der Waals surface area contributed by atoms with Crippen molar-refractivity contribution >= 4 is 35.2 Å². The zero-order chi connectivity index (χ0) is 28.8. The molecule has 2 aromatic heterocycles. The number of benzene rings is 1. The number of rotatable bonds is 5. The highest BCUT2D eigenvalue weighted by Crippen LogP contribution is 2.26. The number of amides is 4. The van der Waals surface area contributed by atoms with E-state index in [0.29, 0.717) is 11.4 Å². The van der Waals surface area contributed by atoms with Crippen LogP contribution in [0.25, 0.3) is 0 Å². The molecule has 0 radical (unpaired) electrons. The first-order valence-electron chi connectivity index (χ1n) is 12.9. The van der Waals surface area contributed by atoms with Gasteiger partial charge in [-0.1, -0.05) is 50.6 Å². The molecule has 0 spiro atoms. The Hall–Kier alpha value is -4.17. The summed E-state index contributed by atoms with van der Waals surface area (Å²) in [5.41, 5.74) is 0.749. The molecule has 1 aromatic carbocycles. The molecule has 14 heteroatoms. The molecule has 3 heterocycles. The summed E-state index contributed by atoms with van der Waals surface area (Å²) in [6.07, 6.45) is 1.98. The third-order valence-corrected chi connectivity index (χ3v) is 7.41. The van der Waals surface area contributed by atoms with Crippen molar-refractivity contribution in [1.29, 1.82) is 0 Å².